The van der Waals surface area contributed by atoms with E-state index < -0.39 is 0 Å². The van der Waals surface area contributed by atoms with E-state index in [-0.39, 0.29) is 5.91 Å². The predicted octanol–water partition coefficient (Wildman–Crippen LogP) is 3.85. The lowest BCUT2D eigenvalue weighted by atomic mass is 10.2. The van der Waals surface area contributed by atoms with Crippen molar-refractivity contribution in [2.75, 3.05) is 5.32 Å². The lowest BCUT2D eigenvalue weighted by Crippen LogP contribution is -2.14. The van der Waals surface area contributed by atoms with Gasteiger partial charge >= 0.3 is 0 Å². The van der Waals surface area contributed by atoms with Crippen molar-refractivity contribution in [1.29, 1.82) is 0 Å². The van der Waals surface area contributed by atoms with E-state index in [1.54, 1.807) is 23.9 Å². The van der Waals surface area contributed by atoms with Gasteiger partial charge in [0.1, 0.15) is 11.0 Å². The van der Waals surface area contributed by atoms with Crippen LogP contribution in [0.5, 0.6) is 0 Å². The van der Waals surface area contributed by atoms with E-state index in [2.05, 4.69) is 15.4 Å². The third-order valence-electron chi connectivity index (χ3n) is 3.62. The van der Waals surface area contributed by atoms with Crippen LogP contribution in [0.15, 0.2) is 48.7 Å². The summed E-state index contributed by atoms with van der Waals surface area (Å²) in [5.41, 5.74) is 3.04. The van der Waals surface area contributed by atoms with E-state index >= 15 is 0 Å². The topological polar surface area (TPSA) is 59.8 Å². The molecule has 122 valence electrons. The van der Waals surface area contributed by atoms with E-state index in [1.807, 2.05) is 43.3 Å². The third-order valence-corrected chi connectivity index (χ3v) is 4.00. The molecule has 0 bridgehead atoms. The number of aryl methyl sites for hydroxylation is 2. The predicted molar refractivity (Wildman–Crippen MR) is 94.4 cm³/mol. The molecule has 2 aromatic heterocycles. The molecule has 0 aliphatic heterocycles. The summed E-state index contributed by atoms with van der Waals surface area (Å²) in [6, 6.07) is 13.5. The van der Waals surface area contributed by atoms with Crippen molar-refractivity contribution in [3.63, 3.8) is 0 Å². The Morgan fingerprint density at radius 3 is 2.58 bits per heavy atom. The van der Waals surface area contributed by atoms with Crippen molar-refractivity contribution in [3.05, 3.63) is 76.2 Å². The van der Waals surface area contributed by atoms with Crippen LogP contribution in [0.4, 0.5) is 5.82 Å². The highest BCUT2D eigenvalue weighted by Gasteiger charge is 2.20. The van der Waals surface area contributed by atoms with Gasteiger partial charge in [-0.3, -0.25) is 4.79 Å². The van der Waals surface area contributed by atoms with Gasteiger partial charge < -0.3 is 5.32 Å². The maximum absolute atomic E-state index is 12.5. The van der Waals surface area contributed by atoms with Crippen molar-refractivity contribution in [1.82, 2.24) is 14.8 Å². The number of nitrogens with zero attached hydrogens (tertiary/aromatic N) is 3. The van der Waals surface area contributed by atoms with Crippen molar-refractivity contribution >= 4 is 23.3 Å². The number of benzene rings is 1. The zero-order valence-electron chi connectivity index (χ0n) is 13.5. The Kier molecular flexibility index (Phi) is 4.62. The third kappa shape index (κ3) is 3.46. The summed E-state index contributed by atoms with van der Waals surface area (Å²) in [5, 5.41) is 7.46. The van der Waals surface area contributed by atoms with Gasteiger partial charge in [-0.05, 0) is 31.0 Å². The van der Waals surface area contributed by atoms with Crippen LogP contribution < -0.4 is 5.32 Å². The number of halogens is 1. The van der Waals surface area contributed by atoms with Crippen LogP contribution in [-0.4, -0.2) is 20.7 Å². The van der Waals surface area contributed by atoms with E-state index in [0.29, 0.717) is 28.8 Å². The summed E-state index contributed by atoms with van der Waals surface area (Å²) < 4.78 is 1.63. The van der Waals surface area contributed by atoms with Crippen molar-refractivity contribution in [3.8, 4) is 0 Å². The molecular weight excluding hydrogens is 324 g/mol. The summed E-state index contributed by atoms with van der Waals surface area (Å²) in [5.74, 6) is 0.171. The number of rotatable bonds is 4. The fourth-order valence-electron chi connectivity index (χ4n) is 2.39. The van der Waals surface area contributed by atoms with Crippen LogP contribution in [0.2, 0.25) is 5.15 Å². The molecule has 1 amide bonds. The standard InChI is InChI=1S/C18H17ClN4O/c1-12-8-9-15(20-10-12)21-18(24)16-13(2)22-23(17(16)19)11-14-6-4-3-5-7-14/h3-10H,11H2,1-2H3,(H,20,21,24). The average Bonchev–Trinajstić information content (AvgIpc) is 2.84. The largest absolute Gasteiger partial charge is 0.306 e. The number of anilines is 1. The molecule has 0 aliphatic carbocycles. The van der Waals surface area contributed by atoms with Crippen LogP contribution in [0, 0.1) is 13.8 Å². The van der Waals surface area contributed by atoms with E-state index in [1.165, 1.54) is 0 Å². The first-order valence-corrected chi connectivity index (χ1v) is 7.93. The zero-order valence-corrected chi connectivity index (χ0v) is 14.2. The lowest BCUT2D eigenvalue weighted by molar-refractivity contribution is 0.102. The molecule has 3 aromatic rings. The molecule has 6 heteroatoms. The van der Waals surface area contributed by atoms with Crippen molar-refractivity contribution < 1.29 is 4.79 Å². The van der Waals surface area contributed by atoms with Crippen molar-refractivity contribution in [2.24, 2.45) is 0 Å². The van der Waals surface area contributed by atoms with Gasteiger partial charge in [-0.15, -0.1) is 0 Å². The quantitative estimate of drug-likeness (QED) is 0.784. The highest BCUT2D eigenvalue weighted by atomic mass is 35.5. The number of pyridine rings is 1. The van der Waals surface area contributed by atoms with Gasteiger partial charge in [0.2, 0.25) is 0 Å². The minimum Gasteiger partial charge on any atom is -0.306 e. The van der Waals surface area contributed by atoms with Gasteiger partial charge in [-0.25, -0.2) is 9.67 Å². The molecule has 0 fully saturated rings. The highest BCUT2D eigenvalue weighted by Crippen LogP contribution is 2.22. The first-order valence-electron chi connectivity index (χ1n) is 7.55. The Morgan fingerprint density at radius 1 is 1.17 bits per heavy atom. The minimum absolute atomic E-state index is 0.312. The van der Waals surface area contributed by atoms with E-state index in [0.717, 1.165) is 11.1 Å². The Labute approximate surface area is 145 Å². The second kappa shape index (κ2) is 6.84. The fraction of sp³-hybridized carbons (Fsp3) is 0.167. The summed E-state index contributed by atoms with van der Waals surface area (Å²) in [7, 11) is 0. The molecule has 5 nitrogen and oxygen atoms in total. The molecule has 1 aromatic carbocycles. The number of carbonyl (C=O) groups excluding carboxylic acids is 1. The van der Waals surface area contributed by atoms with Gasteiger partial charge in [0.15, 0.2) is 0 Å². The van der Waals surface area contributed by atoms with Gasteiger partial charge in [-0.1, -0.05) is 48.0 Å². The maximum atomic E-state index is 12.5. The monoisotopic (exact) mass is 340 g/mol. The van der Waals surface area contributed by atoms with Crippen LogP contribution in [-0.2, 0) is 6.54 Å². The summed E-state index contributed by atoms with van der Waals surface area (Å²) in [6.07, 6.45) is 1.70. The van der Waals surface area contributed by atoms with Crippen LogP contribution in [0.1, 0.15) is 27.2 Å². The van der Waals surface area contributed by atoms with Crippen molar-refractivity contribution in [2.45, 2.75) is 20.4 Å². The SMILES string of the molecule is Cc1ccc(NC(=O)c2c(C)nn(Cc3ccccc3)c2Cl)nc1. The molecule has 0 spiro atoms. The number of aromatic nitrogens is 3. The van der Waals surface area contributed by atoms with Crippen LogP contribution in [0.3, 0.4) is 0 Å². The number of hydrogen-bond donors (Lipinski definition) is 1. The number of hydrogen-bond acceptors (Lipinski definition) is 3. The van der Waals surface area contributed by atoms with Gasteiger partial charge in [-0.2, -0.15) is 5.10 Å². The maximum Gasteiger partial charge on any atom is 0.261 e. The molecule has 0 aliphatic rings. The Balaban J connectivity index is 1.83. The zero-order chi connectivity index (χ0) is 17.1. The molecule has 0 atom stereocenters. The molecule has 0 radical (unpaired) electrons. The molecule has 0 saturated heterocycles. The molecule has 0 saturated carbocycles. The highest BCUT2D eigenvalue weighted by molar-refractivity contribution is 6.33. The van der Waals surface area contributed by atoms with E-state index in [4.69, 9.17) is 11.6 Å². The molecule has 24 heavy (non-hydrogen) atoms. The average molecular weight is 341 g/mol. The summed E-state index contributed by atoms with van der Waals surface area (Å²) >= 11 is 6.39. The lowest BCUT2D eigenvalue weighted by Gasteiger charge is -2.05. The first-order chi connectivity index (χ1) is 11.5. The fourth-order valence-corrected chi connectivity index (χ4v) is 2.71. The molecule has 1 N–H and O–H groups in total. The second-order valence-electron chi connectivity index (χ2n) is 5.57. The molecular formula is C18H17ClN4O. The van der Waals surface area contributed by atoms with Gasteiger partial charge in [0, 0.05) is 6.20 Å². The Morgan fingerprint density at radius 2 is 1.92 bits per heavy atom. The van der Waals surface area contributed by atoms with Crippen LogP contribution >= 0.6 is 11.6 Å². The molecule has 0 unspecified atom stereocenters. The second-order valence-corrected chi connectivity index (χ2v) is 5.93. The summed E-state index contributed by atoms with van der Waals surface area (Å²) in [4.78, 5) is 16.7. The molecule has 2 heterocycles. The number of amides is 1. The van der Waals surface area contributed by atoms with Gasteiger partial charge in [0.05, 0.1) is 17.8 Å². The normalized spacial score (nSPS) is 10.6. The van der Waals surface area contributed by atoms with E-state index in [9.17, 15) is 4.79 Å². The molecule has 3 rings (SSSR count). The summed E-state index contributed by atoms with van der Waals surface area (Å²) in [6.45, 7) is 4.22. The Hall–Kier alpha value is -2.66. The Bertz CT molecular complexity index is 857. The minimum atomic E-state index is -0.312. The number of carbonyl (C=O) groups is 1. The first kappa shape index (κ1) is 16.2. The van der Waals surface area contributed by atoms with Crippen LogP contribution in [0.25, 0.3) is 0 Å². The smallest absolute Gasteiger partial charge is 0.261 e. The number of nitrogens with one attached hydrogen (secondary N) is 1. The van der Waals surface area contributed by atoms with Gasteiger partial charge in [0.25, 0.3) is 5.91 Å².